The number of aryl methyl sites for hydroxylation is 3. The van der Waals surface area contributed by atoms with E-state index >= 15 is 0 Å². The van der Waals surface area contributed by atoms with Crippen LogP contribution in [0.5, 0.6) is 0 Å². The number of amides is 1. The standard InChI is InChI=1S/C20H20ClN3O2/c1-5-24-17-10-12(3)11(2)9-16(17)22-18(20(24)26)19(25)23-15-8-6-7-14(21)13(15)4/h6-10H,5H2,1-4H3,(H,23,25). The number of benzene rings is 2. The molecule has 6 heteroatoms. The van der Waals surface area contributed by atoms with E-state index in [1.807, 2.05) is 39.8 Å². The Balaban J connectivity index is 2.14. The Morgan fingerprint density at radius 3 is 2.58 bits per heavy atom. The van der Waals surface area contributed by atoms with E-state index in [4.69, 9.17) is 11.6 Å². The normalized spacial score (nSPS) is 11.0. The quantitative estimate of drug-likeness (QED) is 0.750. The number of rotatable bonds is 3. The van der Waals surface area contributed by atoms with Gasteiger partial charge in [0.25, 0.3) is 11.5 Å². The van der Waals surface area contributed by atoms with Gasteiger partial charge in [-0.25, -0.2) is 4.98 Å². The van der Waals surface area contributed by atoms with Gasteiger partial charge in [-0.3, -0.25) is 9.59 Å². The van der Waals surface area contributed by atoms with E-state index in [0.717, 1.165) is 22.2 Å². The minimum Gasteiger partial charge on any atom is -0.320 e. The Morgan fingerprint density at radius 2 is 1.88 bits per heavy atom. The van der Waals surface area contributed by atoms with Crippen LogP contribution in [0.15, 0.2) is 35.1 Å². The first-order valence-electron chi connectivity index (χ1n) is 8.41. The summed E-state index contributed by atoms with van der Waals surface area (Å²) < 4.78 is 1.58. The first-order chi connectivity index (χ1) is 12.3. The topological polar surface area (TPSA) is 64.0 Å². The smallest absolute Gasteiger partial charge is 0.282 e. The minimum atomic E-state index is -0.539. The Hall–Kier alpha value is -2.66. The highest BCUT2D eigenvalue weighted by atomic mass is 35.5. The maximum absolute atomic E-state index is 12.8. The van der Waals surface area contributed by atoms with Gasteiger partial charge in [0, 0.05) is 17.3 Å². The number of fused-ring (bicyclic) bond motifs is 1. The second-order valence-electron chi connectivity index (χ2n) is 6.30. The number of anilines is 1. The molecular weight excluding hydrogens is 350 g/mol. The first-order valence-corrected chi connectivity index (χ1v) is 8.79. The number of nitrogens with one attached hydrogen (secondary N) is 1. The maximum Gasteiger partial charge on any atom is 0.282 e. The Morgan fingerprint density at radius 1 is 1.19 bits per heavy atom. The van der Waals surface area contributed by atoms with Crippen molar-refractivity contribution < 1.29 is 4.79 Å². The van der Waals surface area contributed by atoms with Gasteiger partial charge in [0.05, 0.1) is 11.0 Å². The van der Waals surface area contributed by atoms with Gasteiger partial charge in [0.1, 0.15) is 0 Å². The molecule has 2 aromatic carbocycles. The molecule has 0 aliphatic rings. The van der Waals surface area contributed by atoms with E-state index in [9.17, 15) is 9.59 Å². The highest BCUT2D eigenvalue weighted by Gasteiger charge is 2.18. The molecule has 3 aromatic rings. The predicted octanol–water partition coefficient (Wildman–Crippen LogP) is 4.25. The van der Waals surface area contributed by atoms with Crippen molar-refractivity contribution in [2.45, 2.75) is 34.2 Å². The molecule has 0 radical (unpaired) electrons. The molecule has 134 valence electrons. The van der Waals surface area contributed by atoms with E-state index in [1.54, 1.807) is 22.8 Å². The number of aromatic nitrogens is 2. The van der Waals surface area contributed by atoms with Crippen molar-refractivity contribution in [2.24, 2.45) is 0 Å². The van der Waals surface area contributed by atoms with Gasteiger partial charge in [-0.05, 0) is 68.7 Å². The van der Waals surface area contributed by atoms with Crippen LogP contribution in [-0.4, -0.2) is 15.5 Å². The van der Waals surface area contributed by atoms with Crippen LogP contribution in [0.4, 0.5) is 5.69 Å². The Labute approximate surface area is 156 Å². The molecule has 26 heavy (non-hydrogen) atoms. The van der Waals surface area contributed by atoms with Crippen molar-refractivity contribution in [3.63, 3.8) is 0 Å². The minimum absolute atomic E-state index is 0.123. The molecule has 1 N–H and O–H groups in total. The van der Waals surface area contributed by atoms with Crippen LogP contribution >= 0.6 is 11.6 Å². The van der Waals surface area contributed by atoms with Gasteiger partial charge in [0.2, 0.25) is 0 Å². The number of hydrogen-bond acceptors (Lipinski definition) is 3. The summed E-state index contributed by atoms with van der Waals surface area (Å²) in [4.78, 5) is 29.9. The summed E-state index contributed by atoms with van der Waals surface area (Å²) in [5.74, 6) is -0.539. The third-order valence-electron chi connectivity index (χ3n) is 4.61. The summed E-state index contributed by atoms with van der Waals surface area (Å²) in [6.45, 7) is 8.10. The molecule has 0 bridgehead atoms. The maximum atomic E-state index is 12.8. The monoisotopic (exact) mass is 369 g/mol. The number of carbonyl (C=O) groups is 1. The highest BCUT2D eigenvalue weighted by Crippen LogP contribution is 2.23. The average molecular weight is 370 g/mol. The van der Waals surface area contributed by atoms with Gasteiger partial charge in [0.15, 0.2) is 5.69 Å². The summed E-state index contributed by atoms with van der Waals surface area (Å²) in [6, 6.07) is 9.07. The lowest BCUT2D eigenvalue weighted by atomic mass is 10.1. The van der Waals surface area contributed by atoms with Crippen molar-refractivity contribution in [1.82, 2.24) is 9.55 Å². The number of nitrogens with zero attached hydrogens (tertiary/aromatic N) is 2. The fraction of sp³-hybridized carbons (Fsp3) is 0.250. The van der Waals surface area contributed by atoms with E-state index in [2.05, 4.69) is 10.3 Å². The molecule has 0 atom stereocenters. The molecule has 1 heterocycles. The second kappa shape index (κ2) is 6.92. The largest absolute Gasteiger partial charge is 0.320 e. The number of carbonyl (C=O) groups excluding carboxylic acids is 1. The average Bonchev–Trinajstić information content (AvgIpc) is 2.60. The van der Waals surface area contributed by atoms with Crippen LogP contribution < -0.4 is 10.9 Å². The molecule has 5 nitrogen and oxygen atoms in total. The molecule has 0 fully saturated rings. The fourth-order valence-electron chi connectivity index (χ4n) is 2.88. The van der Waals surface area contributed by atoms with Crippen LogP contribution in [0.25, 0.3) is 11.0 Å². The van der Waals surface area contributed by atoms with Crippen LogP contribution in [-0.2, 0) is 6.54 Å². The third-order valence-corrected chi connectivity index (χ3v) is 5.02. The van der Waals surface area contributed by atoms with Crippen LogP contribution in [0.3, 0.4) is 0 Å². The summed E-state index contributed by atoms with van der Waals surface area (Å²) >= 11 is 6.10. The zero-order valence-electron chi connectivity index (χ0n) is 15.2. The summed E-state index contributed by atoms with van der Waals surface area (Å²) in [6.07, 6.45) is 0. The van der Waals surface area contributed by atoms with Crippen molar-refractivity contribution in [2.75, 3.05) is 5.32 Å². The van der Waals surface area contributed by atoms with Gasteiger partial charge in [-0.15, -0.1) is 0 Å². The van der Waals surface area contributed by atoms with Crippen molar-refractivity contribution in [3.05, 3.63) is 68.1 Å². The van der Waals surface area contributed by atoms with Crippen LogP contribution in [0.1, 0.15) is 34.1 Å². The van der Waals surface area contributed by atoms with Crippen molar-refractivity contribution >= 4 is 34.2 Å². The van der Waals surface area contributed by atoms with Gasteiger partial charge in [-0.1, -0.05) is 17.7 Å². The van der Waals surface area contributed by atoms with Gasteiger partial charge < -0.3 is 9.88 Å². The zero-order valence-corrected chi connectivity index (χ0v) is 15.9. The van der Waals surface area contributed by atoms with Crippen LogP contribution in [0, 0.1) is 20.8 Å². The highest BCUT2D eigenvalue weighted by molar-refractivity contribution is 6.31. The molecular formula is C20H20ClN3O2. The molecule has 1 amide bonds. The number of hydrogen-bond donors (Lipinski definition) is 1. The van der Waals surface area contributed by atoms with Gasteiger partial charge in [-0.2, -0.15) is 0 Å². The lowest BCUT2D eigenvalue weighted by molar-refractivity contribution is 0.102. The number of halogens is 1. The molecule has 3 rings (SSSR count). The van der Waals surface area contributed by atoms with Crippen molar-refractivity contribution in [3.8, 4) is 0 Å². The van der Waals surface area contributed by atoms with E-state index in [-0.39, 0.29) is 5.69 Å². The Kier molecular flexibility index (Phi) is 4.83. The molecule has 0 saturated carbocycles. The van der Waals surface area contributed by atoms with E-state index in [0.29, 0.717) is 22.8 Å². The molecule has 0 aliphatic heterocycles. The second-order valence-corrected chi connectivity index (χ2v) is 6.71. The molecule has 1 aromatic heterocycles. The summed E-state index contributed by atoms with van der Waals surface area (Å²) in [5, 5.41) is 3.30. The Bertz CT molecular complexity index is 1090. The summed E-state index contributed by atoms with van der Waals surface area (Å²) in [7, 11) is 0. The lowest BCUT2D eigenvalue weighted by Gasteiger charge is -2.13. The zero-order chi connectivity index (χ0) is 19.0. The first kappa shape index (κ1) is 18.1. The third kappa shape index (κ3) is 3.10. The molecule has 0 aliphatic carbocycles. The lowest BCUT2D eigenvalue weighted by Crippen LogP contribution is -2.31. The van der Waals surface area contributed by atoms with Crippen molar-refractivity contribution in [1.29, 1.82) is 0 Å². The molecule has 0 saturated heterocycles. The molecule has 0 unspecified atom stereocenters. The predicted molar refractivity (Wildman–Crippen MR) is 105 cm³/mol. The van der Waals surface area contributed by atoms with E-state index in [1.165, 1.54) is 0 Å². The molecule has 0 spiro atoms. The summed E-state index contributed by atoms with van der Waals surface area (Å²) in [5.41, 5.74) is 4.27. The fourth-order valence-corrected chi connectivity index (χ4v) is 3.06. The van der Waals surface area contributed by atoms with Crippen LogP contribution in [0.2, 0.25) is 5.02 Å². The van der Waals surface area contributed by atoms with Gasteiger partial charge >= 0.3 is 0 Å². The SMILES string of the molecule is CCn1c(=O)c(C(=O)Nc2cccc(Cl)c2C)nc2cc(C)c(C)cc21. The van der Waals surface area contributed by atoms with E-state index < -0.39 is 11.5 Å².